The summed E-state index contributed by atoms with van der Waals surface area (Å²) in [5.74, 6) is 2.59. The Morgan fingerprint density at radius 3 is 2.50 bits per heavy atom. The third-order valence-electron chi connectivity index (χ3n) is 7.17. The van der Waals surface area contributed by atoms with E-state index in [0.29, 0.717) is 17.5 Å². The average Bonchev–Trinajstić information content (AvgIpc) is 3.33. The number of benzene rings is 1. The Balaban J connectivity index is 1.30. The molecule has 0 atom stereocenters. The lowest BCUT2D eigenvalue weighted by Gasteiger charge is -2.33. The summed E-state index contributed by atoms with van der Waals surface area (Å²) in [6.45, 7) is 1.62. The van der Waals surface area contributed by atoms with Crippen molar-refractivity contribution < 1.29 is 14.3 Å². The molecule has 1 aromatic carbocycles. The molecular formula is C26H33N5O3. The van der Waals surface area contributed by atoms with Crippen LogP contribution in [-0.4, -0.2) is 53.9 Å². The maximum Gasteiger partial charge on any atom is 0.223 e. The monoisotopic (exact) mass is 463 g/mol. The normalized spacial score (nSPS) is 17.6. The van der Waals surface area contributed by atoms with Crippen LogP contribution >= 0.6 is 0 Å². The molecule has 1 aliphatic heterocycles. The number of rotatable bonds is 6. The van der Waals surface area contributed by atoms with Crippen molar-refractivity contribution in [3.63, 3.8) is 0 Å². The number of anilines is 1. The fourth-order valence-corrected chi connectivity index (χ4v) is 5.21. The van der Waals surface area contributed by atoms with E-state index in [9.17, 15) is 4.79 Å². The third-order valence-corrected chi connectivity index (χ3v) is 7.17. The van der Waals surface area contributed by atoms with Crippen LogP contribution in [0.15, 0.2) is 36.7 Å². The zero-order chi connectivity index (χ0) is 23.5. The number of methoxy groups -OCH3 is 2. The highest BCUT2D eigenvalue weighted by Gasteiger charge is 2.28. The van der Waals surface area contributed by atoms with Crippen LogP contribution in [0.2, 0.25) is 0 Å². The van der Waals surface area contributed by atoms with Crippen LogP contribution in [0.3, 0.4) is 0 Å². The van der Waals surface area contributed by atoms with Gasteiger partial charge in [-0.05, 0) is 49.9 Å². The topological polar surface area (TPSA) is 81.0 Å². The van der Waals surface area contributed by atoms with Gasteiger partial charge in [-0.3, -0.25) is 4.79 Å². The molecule has 34 heavy (non-hydrogen) atoms. The van der Waals surface area contributed by atoms with Gasteiger partial charge >= 0.3 is 0 Å². The van der Waals surface area contributed by atoms with Gasteiger partial charge in [0.15, 0.2) is 17.3 Å². The minimum atomic E-state index is 0.0881. The van der Waals surface area contributed by atoms with Crippen LogP contribution in [0.25, 0.3) is 16.8 Å². The number of hydrogen-bond acceptors (Lipinski definition) is 6. The van der Waals surface area contributed by atoms with Crippen molar-refractivity contribution in [2.45, 2.75) is 51.0 Å². The summed E-state index contributed by atoms with van der Waals surface area (Å²) in [5, 5.41) is 8.07. The van der Waals surface area contributed by atoms with Gasteiger partial charge < -0.3 is 19.7 Å². The number of nitrogens with one attached hydrogen (secondary N) is 1. The number of carbonyl (C=O) groups is 1. The standard InChI is InChI=1S/C26H33N5O3/c1-33-23-9-8-19(16-24(23)34-2)21-17-22-25(27-12-15-31(22)29-21)30-13-10-18(11-14-30)26(32)28-20-6-4-3-5-7-20/h8-9,12,15-18,20H,3-7,10-11,13-14H2,1-2H3,(H,28,32). The first-order valence-electron chi connectivity index (χ1n) is 12.3. The molecule has 0 bridgehead atoms. The highest BCUT2D eigenvalue weighted by molar-refractivity contribution is 5.80. The molecule has 8 heteroatoms. The Labute approximate surface area is 200 Å². The van der Waals surface area contributed by atoms with E-state index in [2.05, 4.69) is 21.3 Å². The molecule has 0 radical (unpaired) electrons. The lowest BCUT2D eigenvalue weighted by molar-refractivity contribution is -0.126. The smallest absolute Gasteiger partial charge is 0.223 e. The highest BCUT2D eigenvalue weighted by atomic mass is 16.5. The van der Waals surface area contributed by atoms with E-state index in [4.69, 9.17) is 14.6 Å². The number of nitrogens with zero attached hydrogens (tertiary/aromatic N) is 4. The molecule has 1 saturated heterocycles. The molecule has 2 aliphatic rings. The van der Waals surface area contributed by atoms with Gasteiger partial charge in [-0.1, -0.05) is 19.3 Å². The number of fused-ring (bicyclic) bond motifs is 1. The Hall–Kier alpha value is -3.29. The zero-order valence-corrected chi connectivity index (χ0v) is 20.0. The molecule has 0 unspecified atom stereocenters. The van der Waals surface area contributed by atoms with E-state index < -0.39 is 0 Å². The number of carbonyl (C=O) groups excluding carboxylic acids is 1. The fraction of sp³-hybridized carbons (Fsp3) is 0.500. The lowest BCUT2D eigenvalue weighted by Crippen LogP contribution is -2.44. The summed E-state index contributed by atoms with van der Waals surface area (Å²) < 4.78 is 12.7. The third kappa shape index (κ3) is 4.54. The molecule has 180 valence electrons. The molecule has 0 spiro atoms. The predicted molar refractivity (Wildman–Crippen MR) is 131 cm³/mol. The molecule has 1 aliphatic carbocycles. The molecule has 1 amide bonds. The SMILES string of the molecule is COc1ccc(-c2cc3c(N4CCC(C(=O)NC5CCCCC5)CC4)nccn3n2)cc1OC. The summed E-state index contributed by atoms with van der Waals surface area (Å²) in [6.07, 6.45) is 11.4. The predicted octanol–water partition coefficient (Wildman–Crippen LogP) is 4.08. The molecule has 1 saturated carbocycles. The Morgan fingerprint density at radius 2 is 1.76 bits per heavy atom. The minimum Gasteiger partial charge on any atom is -0.493 e. The lowest BCUT2D eigenvalue weighted by atomic mass is 9.92. The van der Waals surface area contributed by atoms with Gasteiger partial charge in [0.2, 0.25) is 5.91 Å². The maximum atomic E-state index is 12.8. The first kappa shape index (κ1) is 22.5. The number of ether oxygens (including phenoxy) is 2. The summed E-state index contributed by atoms with van der Waals surface area (Å²) in [6, 6.07) is 8.24. The minimum absolute atomic E-state index is 0.0881. The number of amides is 1. The van der Waals surface area contributed by atoms with Gasteiger partial charge in [-0.2, -0.15) is 5.10 Å². The van der Waals surface area contributed by atoms with Crippen molar-refractivity contribution in [3.8, 4) is 22.8 Å². The average molecular weight is 464 g/mol. The van der Waals surface area contributed by atoms with Gasteiger partial charge in [0.25, 0.3) is 0 Å². The van der Waals surface area contributed by atoms with Crippen molar-refractivity contribution in [2.24, 2.45) is 5.92 Å². The summed E-state index contributed by atoms with van der Waals surface area (Å²) >= 11 is 0. The van der Waals surface area contributed by atoms with Crippen molar-refractivity contribution in [2.75, 3.05) is 32.2 Å². The molecule has 3 aromatic rings. The van der Waals surface area contributed by atoms with Gasteiger partial charge in [0.1, 0.15) is 5.52 Å². The highest BCUT2D eigenvalue weighted by Crippen LogP contribution is 2.33. The van der Waals surface area contributed by atoms with Crippen LogP contribution in [-0.2, 0) is 4.79 Å². The summed E-state index contributed by atoms with van der Waals surface area (Å²) in [4.78, 5) is 19.8. The van der Waals surface area contributed by atoms with Crippen LogP contribution in [0.4, 0.5) is 5.82 Å². The van der Waals surface area contributed by atoms with E-state index >= 15 is 0 Å². The second kappa shape index (κ2) is 9.91. The molecule has 2 fully saturated rings. The van der Waals surface area contributed by atoms with Gasteiger partial charge in [-0.25, -0.2) is 9.50 Å². The van der Waals surface area contributed by atoms with Crippen LogP contribution in [0.1, 0.15) is 44.9 Å². The van der Waals surface area contributed by atoms with Crippen LogP contribution in [0, 0.1) is 5.92 Å². The van der Waals surface area contributed by atoms with Crippen LogP contribution < -0.4 is 19.7 Å². The molecular weight excluding hydrogens is 430 g/mol. The number of aromatic nitrogens is 3. The van der Waals surface area contributed by atoms with E-state index in [-0.39, 0.29) is 11.8 Å². The quantitative estimate of drug-likeness (QED) is 0.593. The van der Waals surface area contributed by atoms with E-state index in [0.717, 1.165) is 61.4 Å². The second-order valence-corrected chi connectivity index (χ2v) is 9.28. The Kier molecular flexibility index (Phi) is 6.56. The van der Waals surface area contributed by atoms with E-state index in [1.807, 2.05) is 28.9 Å². The van der Waals surface area contributed by atoms with Crippen LogP contribution in [0.5, 0.6) is 11.5 Å². The molecule has 5 rings (SSSR count). The molecule has 8 nitrogen and oxygen atoms in total. The van der Waals surface area contributed by atoms with Crippen molar-refractivity contribution in [1.82, 2.24) is 19.9 Å². The largest absolute Gasteiger partial charge is 0.493 e. The Morgan fingerprint density at radius 1 is 1.00 bits per heavy atom. The van der Waals surface area contributed by atoms with Crippen molar-refractivity contribution >= 4 is 17.2 Å². The second-order valence-electron chi connectivity index (χ2n) is 9.28. The molecule has 3 heterocycles. The zero-order valence-electron chi connectivity index (χ0n) is 20.0. The maximum absolute atomic E-state index is 12.8. The fourth-order valence-electron chi connectivity index (χ4n) is 5.21. The van der Waals surface area contributed by atoms with Crippen molar-refractivity contribution in [3.05, 3.63) is 36.7 Å². The van der Waals surface area contributed by atoms with Crippen molar-refractivity contribution in [1.29, 1.82) is 0 Å². The first-order chi connectivity index (χ1) is 16.7. The summed E-state index contributed by atoms with van der Waals surface area (Å²) in [7, 11) is 3.26. The molecule has 2 aromatic heterocycles. The van der Waals surface area contributed by atoms with Gasteiger partial charge in [-0.15, -0.1) is 0 Å². The summed E-state index contributed by atoms with van der Waals surface area (Å²) in [5.41, 5.74) is 2.75. The number of hydrogen-bond donors (Lipinski definition) is 1. The number of piperidine rings is 1. The molecule has 1 N–H and O–H groups in total. The van der Waals surface area contributed by atoms with Gasteiger partial charge in [0.05, 0.1) is 19.9 Å². The van der Waals surface area contributed by atoms with E-state index in [1.54, 1.807) is 20.4 Å². The first-order valence-corrected chi connectivity index (χ1v) is 12.3. The van der Waals surface area contributed by atoms with Gasteiger partial charge in [0, 0.05) is 43.0 Å². The van der Waals surface area contributed by atoms with E-state index in [1.165, 1.54) is 19.3 Å². The Bertz CT molecular complexity index is 1150.